The first kappa shape index (κ1) is 30.0. The fourth-order valence-corrected chi connectivity index (χ4v) is 6.37. The molecule has 7 nitrogen and oxygen atoms in total. The summed E-state index contributed by atoms with van der Waals surface area (Å²) in [4.78, 5) is 29.0. The highest BCUT2D eigenvalue weighted by Crippen LogP contribution is 2.25. The van der Waals surface area contributed by atoms with Gasteiger partial charge >= 0.3 is 0 Å². The molecule has 9 heteroatoms. The number of carbonyl (C=O) groups is 2. The molecule has 0 aliphatic rings. The van der Waals surface area contributed by atoms with Gasteiger partial charge in [-0.3, -0.25) is 13.9 Å². The minimum Gasteiger partial charge on any atom is -0.357 e. The zero-order valence-electron chi connectivity index (χ0n) is 22.9. The second-order valence-electron chi connectivity index (χ2n) is 9.63. The number of carbonyl (C=O) groups excluding carboxylic acids is 2. The van der Waals surface area contributed by atoms with E-state index < -0.39 is 28.5 Å². The summed E-state index contributed by atoms with van der Waals surface area (Å²) in [5, 5.41) is 2.69. The average Bonchev–Trinajstić information content (AvgIpc) is 2.98. The van der Waals surface area contributed by atoms with E-state index in [1.165, 1.54) is 24.1 Å². The fourth-order valence-electron chi connectivity index (χ4n) is 4.51. The SMILES string of the molecule is CNC(=O)[C@@H](Cc1ccccc1)N(Cc1cccc(Br)c1)C(=O)CN(c1ccccc1)S(=O)(=O)c1ccc(C)cc1. The molecule has 41 heavy (non-hydrogen) atoms. The van der Waals surface area contributed by atoms with Gasteiger partial charge in [-0.2, -0.15) is 0 Å². The third-order valence-electron chi connectivity index (χ3n) is 6.69. The highest BCUT2D eigenvalue weighted by atomic mass is 79.9. The van der Waals surface area contributed by atoms with E-state index in [1.54, 1.807) is 42.5 Å². The Bertz CT molecular complexity index is 1580. The van der Waals surface area contributed by atoms with E-state index in [2.05, 4.69) is 21.2 Å². The van der Waals surface area contributed by atoms with Crippen molar-refractivity contribution in [1.29, 1.82) is 0 Å². The van der Waals surface area contributed by atoms with Gasteiger partial charge in [-0.15, -0.1) is 0 Å². The smallest absolute Gasteiger partial charge is 0.264 e. The van der Waals surface area contributed by atoms with Crippen molar-refractivity contribution in [2.45, 2.75) is 30.8 Å². The van der Waals surface area contributed by atoms with Crippen LogP contribution in [0.15, 0.2) is 119 Å². The van der Waals surface area contributed by atoms with Crippen LogP contribution in [0.25, 0.3) is 0 Å². The lowest BCUT2D eigenvalue weighted by molar-refractivity contribution is -0.139. The molecule has 212 valence electrons. The summed E-state index contributed by atoms with van der Waals surface area (Å²) in [7, 11) is -2.58. The van der Waals surface area contributed by atoms with Crippen LogP contribution in [0.2, 0.25) is 0 Å². The maximum atomic E-state index is 14.2. The van der Waals surface area contributed by atoms with E-state index in [1.807, 2.05) is 61.5 Å². The van der Waals surface area contributed by atoms with E-state index in [-0.39, 0.29) is 23.8 Å². The van der Waals surface area contributed by atoms with Crippen molar-refractivity contribution in [3.05, 3.63) is 130 Å². The molecular formula is C32H32BrN3O4S. The second-order valence-corrected chi connectivity index (χ2v) is 12.4. The van der Waals surface area contributed by atoms with E-state index >= 15 is 0 Å². The molecule has 4 aromatic carbocycles. The third kappa shape index (κ3) is 7.62. The van der Waals surface area contributed by atoms with Gasteiger partial charge in [0.05, 0.1) is 10.6 Å². The van der Waals surface area contributed by atoms with Crippen LogP contribution in [0, 0.1) is 6.92 Å². The molecule has 0 fully saturated rings. The van der Waals surface area contributed by atoms with Crippen molar-refractivity contribution in [3.8, 4) is 0 Å². The number of amides is 2. The number of sulfonamides is 1. The number of hydrogen-bond donors (Lipinski definition) is 1. The number of aryl methyl sites for hydroxylation is 1. The van der Waals surface area contributed by atoms with Crippen LogP contribution < -0.4 is 9.62 Å². The number of hydrogen-bond acceptors (Lipinski definition) is 4. The number of halogens is 1. The molecule has 0 radical (unpaired) electrons. The van der Waals surface area contributed by atoms with Gasteiger partial charge < -0.3 is 10.2 Å². The van der Waals surface area contributed by atoms with Crippen LogP contribution in [-0.2, 0) is 32.6 Å². The largest absolute Gasteiger partial charge is 0.357 e. The number of benzene rings is 4. The number of nitrogens with one attached hydrogen (secondary N) is 1. The standard InChI is InChI=1S/C32H32BrN3O4S/c1-24-16-18-29(19-17-24)41(39,40)36(28-14-7-4-8-15-28)23-31(37)35(22-26-12-9-13-27(33)20-26)30(32(38)34-2)21-25-10-5-3-6-11-25/h3-20,30H,21-23H2,1-2H3,(H,34,38)/t30-/m1/s1. The molecule has 0 spiro atoms. The van der Waals surface area contributed by atoms with Crippen LogP contribution in [0.1, 0.15) is 16.7 Å². The number of anilines is 1. The van der Waals surface area contributed by atoms with Gasteiger partial charge in [-0.1, -0.05) is 94.3 Å². The van der Waals surface area contributed by atoms with Gasteiger partial charge in [0.25, 0.3) is 10.0 Å². The van der Waals surface area contributed by atoms with E-state index in [0.717, 1.165) is 25.5 Å². The molecule has 4 rings (SSSR count). The Kier molecular flexibility index (Phi) is 9.96. The fraction of sp³-hybridized carbons (Fsp3) is 0.188. The molecular weight excluding hydrogens is 602 g/mol. The van der Waals surface area contributed by atoms with Gasteiger partial charge in [0, 0.05) is 24.5 Å². The van der Waals surface area contributed by atoms with Crippen molar-refractivity contribution in [2.24, 2.45) is 0 Å². The summed E-state index contributed by atoms with van der Waals surface area (Å²) in [5.74, 6) is -0.848. The maximum Gasteiger partial charge on any atom is 0.264 e. The highest BCUT2D eigenvalue weighted by molar-refractivity contribution is 9.10. The van der Waals surface area contributed by atoms with E-state index in [9.17, 15) is 18.0 Å². The van der Waals surface area contributed by atoms with Crippen molar-refractivity contribution < 1.29 is 18.0 Å². The molecule has 0 bridgehead atoms. The van der Waals surface area contributed by atoms with Crippen LogP contribution in [0.4, 0.5) is 5.69 Å². The van der Waals surface area contributed by atoms with Crippen LogP contribution in [0.3, 0.4) is 0 Å². The summed E-state index contributed by atoms with van der Waals surface area (Å²) in [6.45, 7) is 1.49. The Morgan fingerprint density at radius 2 is 1.44 bits per heavy atom. The zero-order chi connectivity index (χ0) is 29.4. The maximum absolute atomic E-state index is 14.2. The van der Waals surface area contributed by atoms with Crippen molar-refractivity contribution in [3.63, 3.8) is 0 Å². The average molecular weight is 635 g/mol. The van der Waals surface area contributed by atoms with Crippen molar-refractivity contribution in [2.75, 3.05) is 17.9 Å². The Morgan fingerprint density at radius 1 is 0.829 bits per heavy atom. The molecule has 0 aliphatic carbocycles. The Balaban J connectivity index is 1.77. The quantitative estimate of drug-likeness (QED) is 0.242. The van der Waals surface area contributed by atoms with Gasteiger partial charge in [-0.05, 0) is 54.4 Å². The van der Waals surface area contributed by atoms with Crippen molar-refractivity contribution >= 4 is 43.5 Å². The molecule has 0 saturated carbocycles. The minimum absolute atomic E-state index is 0.0745. The Labute approximate surface area is 250 Å². The summed E-state index contributed by atoms with van der Waals surface area (Å²) in [6.07, 6.45) is 0.260. The van der Waals surface area contributed by atoms with Gasteiger partial charge in [0.2, 0.25) is 11.8 Å². The molecule has 1 atom stereocenters. The predicted molar refractivity (Wildman–Crippen MR) is 165 cm³/mol. The number of likely N-dealkylation sites (N-methyl/N-ethyl adjacent to an activating group) is 1. The molecule has 0 heterocycles. The monoisotopic (exact) mass is 633 g/mol. The molecule has 0 aromatic heterocycles. The normalized spacial score (nSPS) is 11.9. The molecule has 1 N–H and O–H groups in total. The van der Waals surface area contributed by atoms with E-state index in [4.69, 9.17) is 0 Å². The van der Waals surface area contributed by atoms with Crippen molar-refractivity contribution in [1.82, 2.24) is 10.2 Å². The van der Waals surface area contributed by atoms with Crippen LogP contribution in [0.5, 0.6) is 0 Å². The molecule has 2 amide bonds. The summed E-state index contributed by atoms with van der Waals surface area (Å²) >= 11 is 3.48. The molecule has 0 saturated heterocycles. The van der Waals surface area contributed by atoms with Crippen LogP contribution in [-0.4, -0.2) is 44.8 Å². The predicted octanol–water partition coefficient (Wildman–Crippen LogP) is 5.34. The first-order valence-corrected chi connectivity index (χ1v) is 15.4. The minimum atomic E-state index is -4.11. The number of rotatable bonds is 11. The third-order valence-corrected chi connectivity index (χ3v) is 8.97. The lowest BCUT2D eigenvalue weighted by atomic mass is 10.0. The van der Waals surface area contributed by atoms with Gasteiger partial charge in [-0.25, -0.2) is 8.42 Å². The molecule has 4 aromatic rings. The Hall–Kier alpha value is -3.95. The summed E-state index contributed by atoms with van der Waals surface area (Å²) in [5.41, 5.74) is 2.94. The van der Waals surface area contributed by atoms with Crippen LogP contribution >= 0.6 is 15.9 Å². The topological polar surface area (TPSA) is 86.8 Å². The summed E-state index contributed by atoms with van der Waals surface area (Å²) in [6, 6.07) is 31.1. The van der Waals surface area contributed by atoms with Gasteiger partial charge in [0.15, 0.2) is 0 Å². The molecule has 0 unspecified atom stereocenters. The zero-order valence-corrected chi connectivity index (χ0v) is 25.3. The summed E-state index contributed by atoms with van der Waals surface area (Å²) < 4.78 is 29.8. The first-order valence-electron chi connectivity index (χ1n) is 13.1. The van der Waals surface area contributed by atoms with E-state index in [0.29, 0.717) is 5.69 Å². The second kappa shape index (κ2) is 13.6. The number of para-hydroxylation sites is 1. The number of nitrogens with zero attached hydrogens (tertiary/aromatic N) is 2. The lowest BCUT2D eigenvalue weighted by Gasteiger charge is -2.33. The highest BCUT2D eigenvalue weighted by Gasteiger charge is 2.34. The lowest BCUT2D eigenvalue weighted by Crippen LogP contribution is -2.53. The Morgan fingerprint density at radius 3 is 2.05 bits per heavy atom. The molecule has 0 aliphatic heterocycles. The van der Waals surface area contributed by atoms with Gasteiger partial charge in [0.1, 0.15) is 12.6 Å². The first-order chi connectivity index (χ1) is 19.7.